The van der Waals surface area contributed by atoms with E-state index in [-0.39, 0.29) is 6.61 Å². The molecule has 5 N–H and O–H groups in total. The van der Waals surface area contributed by atoms with E-state index >= 15 is 0 Å². The van der Waals surface area contributed by atoms with Gasteiger partial charge in [-0.2, -0.15) is 0 Å². The number of hydrogen-bond donors (Lipinski definition) is 3. The van der Waals surface area contributed by atoms with E-state index in [0.29, 0.717) is 23.1 Å². The van der Waals surface area contributed by atoms with Crippen molar-refractivity contribution in [1.82, 2.24) is 4.98 Å². The van der Waals surface area contributed by atoms with Gasteiger partial charge < -0.3 is 25.5 Å². The zero-order valence-electron chi connectivity index (χ0n) is 15.8. The number of quaternary nitrogens is 1. The molecule has 0 aliphatic heterocycles. The summed E-state index contributed by atoms with van der Waals surface area (Å²) in [5.74, 6) is 0.314. The molecular formula is C21H25ClN3O3+. The summed E-state index contributed by atoms with van der Waals surface area (Å²) in [6.07, 6.45) is 3.04. The van der Waals surface area contributed by atoms with Crippen LogP contribution in [0.2, 0.25) is 5.02 Å². The van der Waals surface area contributed by atoms with Crippen molar-refractivity contribution < 1.29 is 19.6 Å². The number of benzene rings is 2. The lowest BCUT2D eigenvalue weighted by molar-refractivity contribution is -0.670. The van der Waals surface area contributed by atoms with Gasteiger partial charge in [0.1, 0.15) is 6.54 Å². The number of carbonyl (C=O) groups excluding carboxylic acids is 1. The average Bonchev–Trinajstić information content (AvgIpc) is 3.08. The van der Waals surface area contributed by atoms with Crippen molar-refractivity contribution in [2.45, 2.75) is 19.9 Å². The van der Waals surface area contributed by atoms with Crippen molar-refractivity contribution in [3.63, 3.8) is 0 Å². The van der Waals surface area contributed by atoms with E-state index in [2.05, 4.69) is 34.7 Å². The largest absolute Gasteiger partial charge is 0.490 e. The van der Waals surface area contributed by atoms with Crippen LogP contribution in [0.5, 0.6) is 11.5 Å². The summed E-state index contributed by atoms with van der Waals surface area (Å²) in [4.78, 5) is 14.3. The smallest absolute Gasteiger partial charge is 0.255 e. The highest BCUT2D eigenvalue weighted by atomic mass is 35.5. The lowest BCUT2D eigenvalue weighted by Gasteiger charge is -2.14. The van der Waals surface area contributed by atoms with Crippen LogP contribution in [0.15, 0.2) is 42.6 Å². The van der Waals surface area contributed by atoms with E-state index in [1.165, 1.54) is 10.9 Å². The third kappa shape index (κ3) is 4.97. The van der Waals surface area contributed by atoms with Crippen LogP contribution in [0.1, 0.15) is 18.1 Å². The highest BCUT2D eigenvalue weighted by Crippen LogP contribution is 2.36. The minimum absolute atomic E-state index is 0.240. The van der Waals surface area contributed by atoms with Crippen LogP contribution in [0.4, 0.5) is 0 Å². The number of primary amides is 1. The second-order valence-corrected chi connectivity index (χ2v) is 6.89. The fourth-order valence-corrected chi connectivity index (χ4v) is 3.44. The Morgan fingerprint density at radius 2 is 2.07 bits per heavy atom. The Balaban J connectivity index is 1.61. The maximum Gasteiger partial charge on any atom is 0.255 e. The zero-order chi connectivity index (χ0) is 19.9. The van der Waals surface area contributed by atoms with Gasteiger partial charge in [-0.3, -0.25) is 4.79 Å². The number of nitrogens with two attached hydrogens (primary N) is 2. The number of aromatic amines is 1. The maximum absolute atomic E-state index is 11.0. The van der Waals surface area contributed by atoms with Gasteiger partial charge in [0.05, 0.1) is 18.2 Å². The molecule has 6 nitrogen and oxygen atoms in total. The maximum atomic E-state index is 11.0. The topological polar surface area (TPSA) is 93.9 Å². The highest BCUT2D eigenvalue weighted by Gasteiger charge is 2.14. The molecule has 0 fully saturated rings. The number of para-hydroxylation sites is 1. The molecule has 0 unspecified atom stereocenters. The number of rotatable bonds is 10. The number of aromatic nitrogens is 1. The SMILES string of the molecule is CCOc1cc(C[NH2+]CCc2c[nH]c3ccccc23)cc(Cl)c1OCC(N)=O. The Kier molecular flexibility index (Phi) is 6.79. The molecule has 0 saturated carbocycles. The summed E-state index contributed by atoms with van der Waals surface area (Å²) < 4.78 is 11.0. The lowest BCUT2D eigenvalue weighted by atomic mass is 10.1. The number of carbonyl (C=O) groups is 1. The minimum Gasteiger partial charge on any atom is -0.490 e. The molecule has 7 heteroatoms. The standard InChI is InChI=1S/C21H24ClN3O3/c1-2-27-19-10-14(9-17(22)21(19)28-13-20(23)26)11-24-8-7-15-12-25-18-6-4-3-5-16(15)18/h3-6,9-10,12,24-25H,2,7-8,11,13H2,1H3,(H2,23,26)/p+1. The van der Waals surface area contributed by atoms with Crippen molar-refractivity contribution in [2.75, 3.05) is 19.8 Å². The first-order chi connectivity index (χ1) is 13.6. The van der Waals surface area contributed by atoms with Crippen molar-refractivity contribution in [1.29, 1.82) is 0 Å². The van der Waals surface area contributed by atoms with Gasteiger partial charge in [0.25, 0.3) is 5.91 Å². The van der Waals surface area contributed by atoms with Gasteiger partial charge in [-0.1, -0.05) is 29.8 Å². The first-order valence-electron chi connectivity index (χ1n) is 9.31. The van der Waals surface area contributed by atoms with Crippen LogP contribution in [0.3, 0.4) is 0 Å². The predicted molar refractivity (Wildman–Crippen MR) is 110 cm³/mol. The second-order valence-electron chi connectivity index (χ2n) is 6.48. The molecule has 0 aliphatic carbocycles. The van der Waals surface area contributed by atoms with Crippen LogP contribution in [0, 0.1) is 0 Å². The monoisotopic (exact) mass is 402 g/mol. The van der Waals surface area contributed by atoms with E-state index < -0.39 is 5.91 Å². The Bertz CT molecular complexity index is 955. The lowest BCUT2D eigenvalue weighted by Crippen LogP contribution is -2.83. The fraction of sp³-hybridized carbons (Fsp3) is 0.286. The van der Waals surface area contributed by atoms with Gasteiger partial charge in [-0.05, 0) is 30.7 Å². The van der Waals surface area contributed by atoms with Gasteiger partial charge in [0.2, 0.25) is 0 Å². The summed E-state index contributed by atoms with van der Waals surface area (Å²) in [5, 5.41) is 3.91. The van der Waals surface area contributed by atoms with Crippen LogP contribution in [-0.2, 0) is 17.8 Å². The minimum atomic E-state index is -0.562. The number of amides is 1. The molecule has 2 aromatic carbocycles. The van der Waals surface area contributed by atoms with Crippen LogP contribution in [0.25, 0.3) is 10.9 Å². The first-order valence-corrected chi connectivity index (χ1v) is 9.69. The van der Waals surface area contributed by atoms with Gasteiger partial charge in [0.15, 0.2) is 18.1 Å². The third-order valence-electron chi connectivity index (χ3n) is 4.40. The number of hydrogen-bond acceptors (Lipinski definition) is 3. The number of H-pyrrole nitrogens is 1. The highest BCUT2D eigenvalue weighted by molar-refractivity contribution is 6.32. The molecule has 148 valence electrons. The van der Waals surface area contributed by atoms with Crippen molar-refractivity contribution in [2.24, 2.45) is 5.73 Å². The fourth-order valence-electron chi connectivity index (χ4n) is 3.15. The van der Waals surface area contributed by atoms with Crippen LogP contribution < -0.4 is 20.5 Å². The normalized spacial score (nSPS) is 10.9. The summed E-state index contributed by atoms with van der Waals surface area (Å²) in [5.41, 5.74) is 8.65. The number of fused-ring (bicyclic) bond motifs is 1. The first kappa shape index (κ1) is 20.0. The van der Waals surface area contributed by atoms with Crippen molar-refractivity contribution in [3.05, 3.63) is 58.7 Å². The summed E-state index contributed by atoms with van der Waals surface area (Å²) in [6, 6.07) is 12.0. The quantitative estimate of drug-likeness (QED) is 0.454. The Morgan fingerprint density at radius 1 is 1.25 bits per heavy atom. The zero-order valence-corrected chi connectivity index (χ0v) is 16.6. The van der Waals surface area contributed by atoms with Crippen molar-refractivity contribution in [3.8, 4) is 11.5 Å². The van der Waals surface area contributed by atoms with E-state index in [9.17, 15) is 4.79 Å². The summed E-state index contributed by atoms with van der Waals surface area (Å²) in [6.45, 7) is 3.82. The molecule has 0 radical (unpaired) electrons. The molecule has 3 rings (SSSR count). The van der Waals surface area contributed by atoms with E-state index in [1.807, 2.05) is 25.1 Å². The van der Waals surface area contributed by atoms with E-state index in [4.69, 9.17) is 26.8 Å². The molecule has 1 heterocycles. The summed E-state index contributed by atoms with van der Waals surface area (Å²) >= 11 is 6.34. The molecular weight excluding hydrogens is 378 g/mol. The third-order valence-corrected chi connectivity index (χ3v) is 4.68. The predicted octanol–water partition coefficient (Wildman–Crippen LogP) is 2.39. The Labute approximate surface area is 169 Å². The summed E-state index contributed by atoms with van der Waals surface area (Å²) in [7, 11) is 0. The van der Waals surface area contributed by atoms with Crippen LogP contribution >= 0.6 is 11.6 Å². The molecule has 0 atom stereocenters. The van der Waals surface area contributed by atoms with Gasteiger partial charge >= 0.3 is 0 Å². The molecule has 0 spiro atoms. The Hall–Kier alpha value is -2.70. The van der Waals surface area contributed by atoms with E-state index in [1.54, 1.807) is 0 Å². The van der Waals surface area contributed by atoms with Crippen molar-refractivity contribution >= 4 is 28.4 Å². The molecule has 3 aromatic rings. The molecule has 1 amide bonds. The number of halogens is 1. The average molecular weight is 403 g/mol. The molecule has 0 saturated heterocycles. The second kappa shape index (κ2) is 9.48. The molecule has 28 heavy (non-hydrogen) atoms. The van der Waals surface area contributed by atoms with E-state index in [0.717, 1.165) is 30.6 Å². The van der Waals surface area contributed by atoms with Crippen LogP contribution in [-0.4, -0.2) is 30.6 Å². The van der Waals surface area contributed by atoms with Gasteiger partial charge in [-0.15, -0.1) is 0 Å². The van der Waals surface area contributed by atoms with Gasteiger partial charge in [-0.25, -0.2) is 0 Å². The molecule has 0 bridgehead atoms. The number of nitrogens with one attached hydrogen (secondary N) is 1. The Morgan fingerprint density at radius 3 is 2.86 bits per heavy atom. The van der Waals surface area contributed by atoms with Gasteiger partial charge in [0, 0.05) is 29.1 Å². The molecule has 1 aromatic heterocycles. The number of ether oxygens (including phenoxy) is 2. The molecule has 0 aliphatic rings.